The van der Waals surface area contributed by atoms with Crippen LogP contribution >= 0.6 is 0 Å². The van der Waals surface area contributed by atoms with Crippen molar-refractivity contribution in [1.82, 2.24) is 9.88 Å². The van der Waals surface area contributed by atoms with Gasteiger partial charge in [-0.1, -0.05) is 18.2 Å². The molecule has 0 spiro atoms. The van der Waals surface area contributed by atoms with Crippen LogP contribution in [0.15, 0.2) is 59.0 Å². The van der Waals surface area contributed by atoms with E-state index < -0.39 is 23.6 Å². The average molecular weight is 457 g/mol. The molecule has 3 heterocycles. The van der Waals surface area contributed by atoms with E-state index in [0.717, 1.165) is 17.8 Å². The fraction of sp³-hybridized carbons (Fsp3) is 0.292. The van der Waals surface area contributed by atoms with Crippen LogP contribution < -0.4 is 5.32 Å². The molecule has 0 aliphatic carbocycles. The van der Waals surface area contributed by atoms with Gasteiger partial charge in [0.25, 0.3) is 5.91 Å². The third kappa shape index (κ3) is 5.24. The van der Waals surface area contributed by atoms with Gasteiger partial charge in [-0.2, -0.15) is 13.2 Å². The van der Waals surface area contributed by atoms with Gasteiger partial charge in [0, 0.05) is 24.3 Å². The van der Waals surface area contributed by atoms with Gasteiger partial charge >= 0.3 is 6.18 Å². The molecule has 6 nitrogen and oxygen atoms in total. The van der Waals surface area contributed by atoms with Crippen LogP contribution in [0.3, 0.4) is 0 Å². The lowest BCUT2D eigenvalue weighted by atomic mass is 9.97. The van der Waals surface area contributed by atoms with E-state index in [1.807, 2.05) is 13.0 Å². The number of furan rings is 1. The van der Waals surface area contributed by atoms with E-state index in [1.165, 1.54) is 29.2 Å². The summed E-state index contributed by atoms with van der Waals surface area (Å²) in [5.74, 6) is -0.373. The van der Waals surface area contributed by atoms with Crippen molar-refractivity contribution in [2.45, 2.75) is 25.9 Å². The Morgan fingerprint density at radius 1 is 1.12 bits per heavy atom. The molecule has 1 aliphatic rings. The second-order valence-corrected chi connectivity index (χ2v) is 7.99. The standard InChI is InChI=1S/C24H22F3N3O3/c1-15-5-2-9-21(28-15)29-22(31)17-7-4-12-30(14-17)23(32)20-11-10-19(33-20)16-6-3-8-18(13-16)24(25,26)27/h2-3,5-6,8-11,13,17H,4,7,12,14H2,1H3,(H,28,29,31). The Kier molecular flexibility index (Phi) is 6.22. The molecular weight excluding hydrogens is 435 g/mol. The van der Waals surface area contributed by atoms with Gasteiger partial charge in [0.05, 0.1) is 11.5 Å². The van der Waals surface area contributed by atoms with Crippen molar-refractivity contribution in [3.05, 3.63) is 71.6 Å². The first-order chi connectivity index (χ1) is 15.7. The molecule has 1 saturated heterocycles. The minimum Gasteiger partial charge on any atom is -0.451 e. The quantitative estimate of drug-likeness (QED) is 0.587. The molecule has 1 aromatic carbocycles. The molecule has 1 atom stereocenters. The zero-order valence-corrected chi connectivity index (χ0v) is 17.9. The van der Waals surface area contributed by atoms with Crippen molar-refractivity contribution >= 4 is 17.6 Å². The Labute approximate surface area is 188 Å². The highest BCUT2D eigenvalue weighted by atomic mass is 19.4. The Morgan fingerprint density at radius 2 is 1.91 bits per heavy atom. The van der Waals surface area contributed by atoms with Gasteiger partial charge in [0.1, 0.15) is 11.6 Å². The fourth-order valence-corrected chi connectivity index (χ4v) is 3.83. The van der Waals surface area contributed by atoms with Crippen molar-refractivity contribution in [3.8, 4) is 11.3 Å². The number of pyridine rings is 1. The normalized spacial score (nSPS) is 16.5. The van der Waals surface area contributed by atoms with E-state index in [-0.39, 0.29) is 29.5 Å². The largest absolute Gasteiger partial charge is 0.451 e. The lowest BCUT2D eigenvalue weighted by molar-refractivity contribution is -0.137. The number of piperidine rings is 1. The lowest BCUT2D eigenvalue weighted by Crippen LogP contribution is -2.43. The molecule has 1 unspecified atom stereocenters. The monoisotopic (exact) mass is 457 g/mol. The van der Waals surface area contributed by atoms with Gasteiger partial charge in [0.15, 0.2) is 5.76 Å². The number of amides is 2. The maximum atomic E-state index is 13.0. The summed E-state index contributed by atoms with van der Waals surface area (Å²) in [6, 6.07) is 13.0. The predicted octanol–water partition coefficient (Wildman–Crippen LogP) is 5.16. The van der Waals surface area contributed by atoms with Crippen LogP contribution in [-0.4, -0.2) is 34.8 Å². The summed E-state index contributed by atoms with van der Waals surface area (Å²) in [5.41, 5.74) is 0.213. The predicted molar refractivity (Wildman–Crippen MR) is 115 cm³/mol. The number of nitrogens with one attached hydrogen (secondary N) is 1. The molecule has 1 fully saturated rings. The molecule has 1 N–H and O–H groups in total. The second-order valence-electron chi connectivity index (χ2n) is 7.99. The van der Waals surface area contributed by atoms with Crippen LogP contribution in [0.5, 0.6) is 0 Å². The SMILES string of the molecule is Cc1cccc(NC(=O)C2CCCN(C(=O)c3ccc(-c4cccc(C(F)(F)F)c4)o3)C2)n1. The van der Waals surface area contributed by atoms with Crippen LogP contribution in [0.25, 0.3) is 11.3 Å². The Bertz CT molecular complexity index is 1170. The fourth-order valence-electron chi connectivity index (χ4n) is 3.83. The molecule has 9 heteroatoms. The number of aryl methyl sites for hydroxylation is 1. The second kappa shape index (κ2) is 9.09. The van der Waals surface area contributed by atoms with Gasteiger partial charge in [-0.3, -0.25) is 9.59 Å². The van der Waals surface area contributed by atoms with Gasteiger partial charge in [-0.25, -0.2) is 4.98 Å². The smallest absolute Gasteiger partial charge is 0.416 e. The van der Waals surface area contributed by atoms with Crippen molar-refractivity contribution < 1.29 is 27.2 Å². The Morgan fingerprint density at radius 3 is 2.67 bits per heavy atom. The third-order valence-corrected chi connectivity index (χ3v) is 5.51. The van der Waals surface area contributed by atoms with E-state index in [2.05, 4.69) is 10.3 Å². The average Bonchev–Trinajstić information content (AvgIpc) is 3.28. The maximum absolute atomic E-state index is 13.0. The highest BCUT2D eigenvalue weighted by Gasteiger charge is 2.32. The molecule has 4 rings (SSSR count). The highest BCUT2D eigenvalue weighted by Crippen LogP contribution is 2.33. The summed E-state index contributed by atoms with van der Waals surface area (Å²) in [6.45, 7) is 2.51. The number of hydrogen-bond acceptors (Lipinski definition) is 4. The van der Waals surface area contributed by atoms with Crippen molar-refractivity contribution in [2.75, 3.05) is 18.4 Å². The number of hydrogen-bond donors (Lipinski definition) is 1. The van der Waals surface area contributed by atoms with Crippen LogP contribution in [0, 0.1) is 12.8 Å². The van der Waals surface area contributed by atoms with Crippen molar-refractivity contribution in [3.63, 3.8) is 0 Å². The van der Waals surface area contributed by atoms with E-state index in [9.17, 15) is 22.8 Å². The van der Waals surface area contributed by atoms with E-state index in [1.54, 1.807) is 12.1 Å². The number of aromatic nitrogens is 1. The number of carbonyl (C=O) groups excluding carboxylic acids is 2. The maximum Gasteiger partial charge on any atom is 0.416 e. The number of carbonyl (C=O) groups is 2. The summed E-state index contributed by atoms with van der Waals surface area (Å²) in [5, 5.41) is 2.79. The van der Waals surface area contributed by atoms with E-state index in [4.69, 9.17) is 4.42 Å². The zero-order valence-electron chi connectivity index (χ0n) is 17.9. The molecule has 1 aliphatic heterocycles. The van der Waals surface area contributed by atoms with Crippen LogP contribution in [0.2, 0.25) is 0 Å². The van der Waals surface area contributed by atoms with Crippen LogP contribution in [0.4, 0.5) is 19.0 Å². The van der Waals surface area contributed by atoms with Gasteiger partial charge < -0.3 is 14.6 Å². The molecular formula is C24H22F3N3O3. The number of nitrogens with zero attached hydrogens (tertiary/aromatic N) is 2. The van der Waals surface area contributed by atoms with Crippen LogP contribution in [-0.2, 0) is 11.0 Å². The Balaban J connectivity index is 1.44. The molecule has 33 heavy (non-hydrogen) atoms. The number of likely N-dealkylation sites (tertiary alicyclic amines) is 1. The number of halogens is 3. The first-order valence-corrected chi connectivity index (χ1v) is 10.5. The van der Waals surface area contributed by atoms with Crippen molar-refractivity contribution in [1.29, 1.82) is 0 Å². The van der Waals surface area contributed by atoms with Gasteiger partial charge in [-0.05, 0) is 56.2 Å². The van der Waals surface area contributed by atoms with Crippen LogP contribution in [0.1, 0.15) is 34.7 Å². The highest BCUT2D eigenvalue weighted by molar-refractivity contribution is 5.94. The summed E-state index contributed by atoms with van der Waals surface area (Å²) in [6.07, 6.45) is -3.19. The minimum absolute atomic E-state index is 0.0174. The zero-order chi connectivity index (χ0) is 23.6. The summed E-state index contributed by atoms with van der Waals surface area (Å²) < 4.78 is 44.6. The minimum atomic E-state index is -4.47. The molecule has 0 bridgehead atoms. The molecule has 2 amide bonds. The van der Waals surface area contributed by atoms with Gasteiger partial charge in [0.2, 0.25) is 5.91 Å². The van der Waals surface area contributed by atoms with Gasteiger partial charge in [-0.15, -0.1) is 0 Å². The molecule has 172 valence electrons. The molecule has 2 aromatic heterocycles. The number of anilines is 1. The first kappa shape index (κ1) is 22.6. The lowest BCUT2D eigenvalue weighted by Gasteiger charge is -2.31. The number of alkyl halides is 3. The number of benzene rings is 1. The Hall–Kier alpha value is -3.62. The summed E-state index contributed by atoms with van der Waals surface area (Å²) >= 11 is 0. The van der Waals surface area contributed by atoms with E-state index in [0.29, 0.717) is 25.2 Å². The summed E-state index contributed by atoms with van der Waals surface area (Å²) in [7, 11) is 0. The topological polar surface area (TPSA) is 75.4 Å². The number of rotatable bonds is 4. The molecule has 0 saturated carbocycles. The molecule has 3 aromatic rings. The summed E-state index contributed by atoms with van der Waals surface area (Å²) in [4.78, 5) is 31.4. The van der Waals surface area contributed by atoms with E-state index >= 15 is 0 Å². The first-order valence-electron chi connectivity index (χ1n) is 10.5. The third-order valence-electron chi connectivity index (χ3n) is 5.51. The van der Waals surface area contributed by atoms with Crippen molar-refractivity contribution in [2.24, 2.45) is 5.92 Å². The molecule has 0 radical (unpaired) electrons.